The maximum absolute atomic E-state index is 13.0. The molecule has 1 saturated heterocycles. The molecule has 1 amide bonds. The number of piperazine rings is 1. The molecule has 2 heterocycles. The van der Waals surface area contributed by atoms with Gasteiger partial charge in [0.25, 0.3) is 5.91 Å². The van der Waals surface area contributed by atoms with Crippen molar-refractivity contribution in [1.29, 1.82) is 0 Å². The standard InChI is InChI=1S/C23H27N3O3S2/c1-15(2)31(28,29)19-7-5-6-18(14-19)22(27)25-8-10-26(11-9-25)23-24-20-12-16(3)17(4)13-21(20)30-23/h5-7,12-15H,8-11H2,1-4H3. The van der Waals surface area contributed by atoms with Gasteiger partial charge in [0.05, 0.1) is 20.4 Å². The first-order chi connectivity index (χ1) is 14.7. The largest absolute Gasteiger partial charge is 0.345 e. The quantitative estimate of drug-likeness (QED) is 0.591. The lowest BCUT2D eigenvalue weighted by Crippen LogP contribution is -2.48. The third-order valence-electron chi connectivity index (χ3n) is 5.86. The fourth-order valence-corrected chi connectivity index (χ4v) is 5.87. The molecular weight excluding hydrogens is 430 g/mol. The number of rotatable bonds is 4. The normalized spacial score (nSPS) is 15.1. The van der Waals surface area contributed by atoms with Crippen LogP contribution in [0.2, 0.25) is 0 Å². The Morgan fingerprint density at radius 2 is 1.71 bits per heavy atom. The number of sulfone groups is 1. The predicted octanol–water partition coefficient (Wildman–Crippen LogP) is 4.06. The summed E-state index contributed by atoms with van der Waals surface area (Å²) in [4.78, 5) is 22.0. The van der Waals surface area contributed by atoms with E-state index in [9.17, 15) is 13.2 Å². The first kappa shape index (κ1) is 21.8. The van der Waals surface area contributed by atoms with Gasteiger partial charge in [-0.15, -0.1) is 0 Å². The average molecular weight is 458 g/mol. The molecule has 0 radical (unpaired) electrons. The molecule has 0 saturated carbocycles. The van der Waals surface area contributed by atoms with Crippen molar-refractivity contribution in [2.75, 3.05) is 31.1 Å². The lowest BCUT2D eigenvalue weighted by atomic mass is 10.1. The third kappa shape index (κ3) is 4.19. The van der Waals surface area contributed by atoms with Crippen LogP contribution in [-0.2, 0) is 9.84 Å². The highest BCUT2D eigenvalue weighted by molar-refractivity contribution is 7.92. The topological polar surface area (TPSA) is 70.6 Å². The van der Waals surface area contributed by atoms with Crippen molar-refractivity contribution >= 4 is 42.4 Å². The number of benzene rings is 2. The molecule has 4 rings (SSSR count). The molecule has 164 valence electrons. The summed E-state index contributed by atoms with van der Waals surface area (Å²) >= 11 is 1.68. The van der Waals surface area contributed by atoms with Gasteiger partial charge in [-0.25, -0.2) is 13.4 Å². The number of anilines is 1. The second-order valence-electron chi connectivity index (χ2n) is 8.30. The molecule has 0 aliphatic carbocycles. The number of nitrogens with zero attached hydrogens (tertiary/aromatic N) is 3. The Kier molecular flexibility index (Phi) is 5.79. The Morgan fingerprint density at radius 1 is 1.03 bits per heavy atom. The summed E-state index contributed by atoms with van der Waals surface area (Å²) in [5.74, 6) is -0.129. The van der Waals surface area contributed by atoms with E-state index in [1.165, 1.54) is 21.9 Å². The van der Waals surface area contributed by atoms with Gasteiger partial charge in [0.15, 0.2) is 15.0 Å². The van der Waals surface area contributed by atoms with E-state index >= 15 is 0 Å². The number of hydrogen-bond donors (Lipinski definition) is 0. The predicted molar refractivity (Wildman–Crippen MR) is 126 cm³/mol. The second-order valence-corrected chi connectivity index (χ2v) is 11.8. The van der Waals surface area contributed by atoms with E-state index in [0.29, 0.717) is 31.7 Å². The zero-order valence-corrected chi connectivity index (χ0v) is 19.9. The third-order valence-corrected chi connectivity index (χ3v) is 9.09. The molecule has 0 unspecified atom stereocenters. The molecule has 1 fully saturated rings. The minimum atomic E-state index is -3.41. The van der Waals surface area contributed by atoms with Gasteiger partial charge in [0.1, 0.15) is 0 Å². The fourth-order valence-electron chi connectivity index (χ4n) is 3.66. The van der Waals surface area contributed by atoms with Crippen LogP contribution in [0.4, 0.5) is 5.13 Å². The van der Waals surface area contributed by atoms with Crippen molar-refractivity contribution < 1.29 is 13.2 Å². The zero-order chi connectivity index (χ0) is 22.3. The summed E-state index contributed by atoms with van der Waals surface area (Å²) in [6, 6.07) is 10.7. The molecule has 2 aromatic carbocycles. The lowest BCUT2D eigenvalue weighted by molar-refractivity contribution is 0.0746. The fraction of sp³-hybridized carbons (Fsp3) is 0.391. The van der Waals surface area contributed by atoms with Crippen LogP contribution < -0.4 is 4.90 Å². The summed E-state index contributed by atoms with van der Waals surface area (Å²) in [6.07, 6.45) is 0. The van der Waals surface area contributed by atoms with Crippen LogP contribution in [0.15, 0.2) is 41.3 Å². The van der Waals surface area contributed by atoms with Gasteiger partial charge >= 0.3 is 0 Å². The van der Waals surface area contributed by atoms with E-state index in [0.717, 1.165) is 10.6 Å². The van der Waals surface area contributed by atoms with E-state index in [4.69, 9.17) is 4.98 Å². The number of hydrogen-bond acceptors (Lipinski definition) is 6. The van der Waals surface area contributed by atoms with Gasteiger partial charge in [0, 0.05) is 31.7 Å². The monoisotopic (exact) mass is 457 g/mol. The number of carbonyl (C=O) groups is 1. The molecule has 31 heavy (non-hydrogen) atoms. The number of aryl methyl sites for hydroxylation is 2. The van der Waals surface area contributed by atoms with Crippen molar-refractivity contribution in [3.63, 3.8) is 0 Å². The minimum absolute atomic E-state index is 0.129. The maximum atomic E-state index is 13.0. The van der Waals surface area contributed by atoms with Gasteiger partial charge < -0.3 is 9.80 Å². The molecular formula is C23H27N3O3S2. The Hall–Kier alpha value is -2.45. The Bertz CT molecular complexity index is 1200. The van der Waals surface area contributed by atoms with Crippen LogP contribution >= 0.6 is 11.3 Å². The molecule has 0 N–H and O–H groups in total. The Balaban J connectivity index is 1.47. The SMILES string of the molecule is Cc1cc2nc(N3CCN(C(=O)c4cccc(S(=O)(=O)C(C)C)c4)CC3)sc2cc1C. The number of thiazole rings is 1. The van der Waals surface area contributed by atoms with Crippen molar-refractivity contribution in [2.45, 2.75) is 37.8 Å². The van der Waals surface area contributed by atoms with E-state index < -0.39 is 15.1 Å². The van der Waals surface area contributed by atoms with Crippen molar-refractivity contribution in [1.82, 2.24) is 9.88 Å². The summed E-state index contributed by atoms with van der Waals surface area (Å²) in [7, 11) is -3.41. The average Bonchev–Trinajstić information content (AvgIpc) is 3.16. The van der Waals surface area contributed by atoms with Crippen molar-refractivity contribution in [3.8, 4) is 0 Å². The second kappa shape index (κ2) is 8.24. The number of fused-ring (bicyclic) bond motifs is 1. The number of carbonyl (C=O) groups excluding carboxylic acids is 1. The Labute approximate surface area is 187 Å². The van der Waals surface area contributed by atoms with E-state index in [1.54, 1.807) is 48.3 Å². The van der Waals surface area contributed by atoms with E-state index in [1.807, 2.05) is 0 Å². The lowest BCUT2D eigenvalue weighted by Gasteiger charge is -2.34. The van der Waals surface area contributed by atoms with Crippen LogP contribution in [0, 0.1) is 13.8 Å². The van der Waals surface area contributed by atoms with Gasteiger partial charge in [-0.05, 0) is 69.2 Å². The van der Waals surface area contributed by atoms with Gasteiger partial charge in [0.2, 0.25) is 0 Å². The van der Waals surface area contributed by atoms with Crippen LogP contribution in [-0.4, -0.2) is 55.6 Å². The van der Waals surface area contributed by atoms with Gasteiger partial charge in [-0.3, -0.25) is 4.79 Å². The Morgan fingerprint density at radius 3 is 2.39 bits per heavy atom. The maximum Gasteiger partial charge on any atom is 0.254 e. The van der Waals surface area contributed by atoms with Gasteiger partial charge in [-0.2, -0.15) is 0 Å². The smallest absolute Gasteiger partial charge is 0.254 e. The van der Waals surface area contributed by atoms with E-state index in [2.05, 4.69) is 30.9 Å². The summed E-state index contributed by atoms with van der Waals surface area (Å²) in [6.45, 7) is 10.1. The summed E-state index contributed by atoms with van der Waals surface area (Å²) in [5, 5.41) is 0.458. The molecule has 3 aromatic rings. The molecule has 0 spiro atoms. The van der Waals surface area contributed by atoms with Crippen molar-refractivity contribution in [2.24, 2.45) is 0 Å². The molecule has 0 bridgehead atoms. The molecule has 8 heteroatoms. The minimum Gasteiger partial charge on any atom is -0.345 e. The highest BCUT2D eigenvalue weighted by atomic mass is 32.2. The number of amides is 1. The highest BCUT2D eigenvalue weighted by Gasteiger charge is 2.26. The van der Waals surface area contributed by atoms with Crippen LogP contribution in [0.5, 0.6) is 0 Å². The molecule has 6 nitrogen and oxygen atoms in total. The zero-order valence-electron chi connectivity index (χ0n) is 18.3. The first-order valence-electron chi connectivity index (χ1n) is 10.4. The van der Waals surface area contributed by atoms with Crippen LogP contribution in [0.1, 0.15) is 35.3 Å². The summed E-state index contributed by atoms with van der Waals surface area (Å²) in [5.41, 5.74) is 3.94. The van der Waals surface area contributed by atoms with Crippen LogP contribution in [0.3, 0.4) is 0 Å². The number of aromatic nitrogens is 1. The van der Waals surface area contributed by atoms with Gasteiger partial charge in [-0.1, -0.05) is 17.4 Å². The molecule has 0 atom stereocenters. The molecule has 1 aliphatic heterocycles. The molecule has 1 aliphatic rings. The van der Waals surface area contributed by atoms with Crippen LogP contribution in [0.25, 0.3) is 10.2 Å². The molecule has 1 aromatic heterocycles. The highest BCUT2D eigenvalue weighted by Crippen LogP contribution is 2.31. The van der Waals surface area contributed by atoms with E-state index in [-0.39, 0.29) is 10.8 Å². The van der Waals surface area contributed by atoms with Crippen molar-refractivity contribution in [3.05, 3.63) is 53.1 Å². The first-order valence-corrected chi connectivity index (χ1v) is 12.8. The summed E-state index contributed by atoms with van der Waals surface area (Å²) < 4.78 is 26.1.